The second-order valence-electron chi connectivity index (χ2n) is 8.21. The molecule has 1 fully saturated rings. The fourth-order valence-electron chi connectivity index (χ4n) is 3.65. The Labute approximate surface area is 207 Å². The van der Waals surface area contributed by atoms with Gasteiger partial charge in [0.25, 0.3) is 0 Å². The average Bonchev–Trinajstić information content (AvgIpc) is 3.66. The highest BCUT2D eigenvalue weighted by atomic mass is 35.5. The minimum absolute atomic E-state index is 0.369. The molecule has 0 aliphatic heterocycles. The van der Waals surface area contributed by atoms with Gasteiger partial charge in [0.2, 0.25) is 11.8 Å². The smallest absolute Gasteiger partial charge is 0.240 e. The molecule has 1 aliphatic carbocycles. The first-order valence-electron chi connectivity index (χ1n) is 11.3. The van der Waals surface area contributed by atoms with Gasteiger partial charge in [-0.1, -0.05) is 30.7 Å². The van der Waals surface area contributed by atoms with Crippen molar-refractivity contribution in [2.75, 3.05) is 12.0 Å². The first-order valence-corrected chi connectivity index (χ1v) is 11.7. The van der Waals surface area contributed by atoms with Gasteiger partial charge in [-0.3, -0.25) is 14.6 Å². The van der Waals surface area contributed by atoms with Crippen LogP contribution in [0.2, 0.25) is 5.02 Å². The molecule has 180 valence electrons. The third-order valence-corrected chi connectivity index (χ3v) is 5.93. The number of nitrogens with one attached hydrogen (secondary N) is 2. The van der Waals surface area contributed by atoms with Crippen molar-refractivity contribution in [2.24, 2.45) is 5.41 Å². The van der Waals surface area contributed by atoms with E-state index in [1.54, 1.807) is 54.7 Å². The Morgan fingerprint density at radius 2 is 1.91 bits per heavy atom. The maximum atomic E-state index is 12.9. The molecular formula is C27H25ClFN3O3. The average molecular weight is 494 g/mol. The normalized spacial score (nSPS) is 14.7. The zero-order chi connectivity index (χ0) is 24.8. The van der Waals surface area contributed by atoms with E-state index in [4.69, 9.17) is 16.3 Å². The predicted octanol–water partition coefficient (Wildman–Crippen LogP) is 6.34. The number of hydrogen-bond donors (Lipinski definition) is 2. The highest BCUT2D eigenvalue weighted by molar-refractivity contribution is 6.31. The minimum atomic E-state index is -1.12. The Bertz CT molecular complexity index is 1300. The second-order valence-corrected chi connectivity index (χ2v) is 8.65. The van der Waals surface area contributed by atoms with E-state index in [1.165, 1.54) is 12.2 Å². The van der Waals surface area contributed by atoms with E-state index in [0.717, 1.165) is 10.9 Å². The summed E-state index contributed by atoms with van der Waals surface area (Å²) in [6.45, 7) is 1.28. The van der Waals surface area contributed by atoms with E-state index in [0.29, 0.717) is 47.2 Å². The van der Waals surface area contributed by atoms with Crippen molar-refractivity contribution in [3.05, 3.63) is 83.7 Å². The van der Waals surface area contributed by atoms with E-state index in [1.807, 2.05) is 13.0 Å². The van der Waals surface area contributed by atoms with Crippen LogP contribution in [0, 0.1) is 5.41 Å². The number of anilines is 1. The first-order chi connectivity index (χ1) is 16.9. The lowest BCUT2D eigenvalue weighted by Crippen LogP contribution is -2.39. The molecule has 1 aliphatic rings. The van der Waals surface area contributed by atoms with Crippen LogP contribution < -0.4 is 15.4 Å². The summed E-state index contributed by atoms with van der Waals surface area (Å²) < 4.78 is 18.5. The van der Waals surface area contributed by atoms with E-state index < -0.39 is 12.1 Å². The van der Waals surface area contributed by atoms with E-state index in [9.17, 15) is 14.0 Å². The number of fused-ring (bicyclic) bond motifs is 1. The Morgan fingerprint density at radius 1 is 1.14 bits per heavy atom. The van der Waals surface area contributed by atoms with Crippen molar-refractivity contribution in [1.82, 2.24) is 10.3 Å². The summed E-state index contributed by atoms with van der Waals surface area (Å²) in [5.41, 5.74) is 0.642. The van der Waals surface area contributed by atoms with Crippen molar-refractivity contribution in [3.8, 4) is 11.5 Å². The van der Waals surface area contributed by atoms with Crippen molar-refractivity contribution >= 4 is 40.0 Å². The van der Waals surface area contributed by atoms with Gasteiger partial charge in [0.05, 0.1) is 5.52 Å². The highest BCUT2D eigenvalue weighted by Gasteiger charge is 2.56. The molecule has 0 unspecified atom stereocenters. The number of pyridine rings is 1. The van der Waals surface area contributed by atoms with Gasteiger partial charge in [-0.25, -0.2) is 4.39 Å². The molecule has 0 bridgehead atoms. The van der Waals surface area contributed by atoms with Gasteiger partial charge >= 0.3 is 0 Å². The number of alkyl halides is 1. The zero-order valence-electron chi connectivity index (χ0n) is 19.2. The van der Waals surface area contributed by atoms with Crippen LogP contribution in [0.1, 0.15) is 26.2 Å². The van der Waals surface area contributed by atoms with Crippen LogP contribution in [0.3, 0.4) is 0 Å². The predicted molar refractivity (Wildman–Crippen MR) is 135 cm³/mol. The molecule has 35 heavy (non-hydrogen) atoms. The van der Waals surface area contributed by atoms with Crippen molar-refractivity contribution < 1.29 is 18.7 Å². The fourth-order valence-corrected chi connectivity index (χ4v) is 3.82. The summed E-state index contributed by atoms with van der Waals surface area (Å²) in [6.07, 6.45) is 7.83. The summed E-state index contributed by atoms with van der Waals surface area (Å²) in [7, 11) is 0. The number of carbonyl (C=O) groups is 2. The summed E-state index contributed by atoms with van der Waals surface area (Å²) in [6, 6.07) is 14.1. The molecule has 0 saturated heterocycles. The van der Waals surface area contributed by atoms with Crippen molar-refractivity contribution in [1.29, 1.82) is 0 Å². The second kappa shape index (κ2) is 10.7. The van der Waals surface area contributed by atoms with Crippen LogP contribution in [-0.2, 0) is 9.59 Å². The van der Waals surface area contributed by atoms with Gasteiger partial charge in [-0.2, -0.15) is 0 Å². The Balaban J connectivity index is 1.41. The number of rotatable bonds is 9. The lowest BCUT2D eigenvalue weighted by atomic mass is 10.0. The number of allylic oxidation sites excluding steroid dienone is 3. The van der Waals surface area contributed by atoms with Gasteiger partial charge in [0.1, 0.15) is 23.6 Å². The van der Waals surface area contributed by atoms with Gasteiger partial charge in [0, 0.05) is 28.0 Å². The Kier molecular flexibility index (Phi) is 7.46. The SMILES string of the molecule is CC/C=C(\C=C/CF)NC(=O)C1(C(=O)Nc2ccc(Oc3ccnc4cc(Cl)ccc34)cc2)CC1. The van der Waals surface area contributed by atoms with E-state index in [2.05, 4.69) is 15.6 Å². The maximum absolute atomic E-state index is 12.9. The molecular weight excluding hydrogens is 469 g/mol. The van der Waals surface area contributed by atoms with Crippen molar-refractivity contribution in [3.63, 3.8) is 0 Å². The van der Waals surface area contributed by atoms with Crippen molar-refractivity contribution in [2.45, 2.75) is 26.2 Å². The number of hydrogen-bond acceptors (Lipinski definition) is 4. The molecule has 3 aromatic rings. The van der Waals surface area contributed by atoms with Crippen LogP contribution in [0.15, 0.2) is 78.7 Å². The molecule has 0 atom stereocenters. The van der Waals surface area contributed by atoms with Crippen LogP contribution in [-0.4, -0.2) is 23.5 Å². The largest absolute Gasteiger partial charge is 0.457 e. The van der Waals surface area contributed by atoms with E-state index in [-0.39, 0.29) is 11.8 Å². The molecule has 8 heteroatoms. The van der Waals surface area contributed by atoms with Crippen LogP contribution in [0.5, 0.6) is 11.5 Å². The number of carbonyl (C=O) groups excluding carboxylic acids is 2. The van der Waals surface area contributed by atoms with Gasteiger partial charge in [0.15, 0.2) is 0 Å². The number of benzene rings is 2. The Morgan fingerprint density at radius 3 is 2.60 bits per heavy atom. The number of amides is 2. The van der Waals surface area contributed by atoms with Crippen LogP contribution in [0.25, 0.3) is 10.9 Å². The minimum Gasteiger partial charge on any atom is -0.457 e. The first kappa shape index (κ1) is 24.4. The van der Waals surface area contributed by atoms with Gasteiger partial charge in [-0.15, -0.1) is 0 Å². The molecule has 2 aromatic carbocycles. The fraction of sp³-hybridized carbons (Fsp3) is 0.222. The third kappa shape index (κ3) is 5.69. The van der Waals surface area contributed by atoms with Gasteiger partial charge in [-0.05, 0) is 73.9 Å². The molecule has 2 amide bonds. The quantitative estimate of drug-likeness (QED) is 0.269. The molecule has 1 aromatic heterocycles. The standard InChI is InChI=1S/C27H25ClFN3O3/c1-2-4-19(5-3-15-29)31-25(33)27(13-14-27)26(34)32-20-7-9-21(10-8-20)35-24-12-16-30-23-17-18(28)6-11-22(23)24/h3-12,16-17H,2,13-15H2,1H3,(H,31,33)(H,32,34)/b5-3-,19-4+. The zero-order valence-corrected chi connectivity index (χ0v) is 19.9. The number of ether oxygens (including phenoxy) is 1. The lowest BCUT2D eigenvalue weighted by Gasteiger charge is -2.16. The highest BCUT2D eigenvalue weighted by Crippen LogP contribution is 2.47. The van der Waals surface area contributed by atoms with Crippen LogP contribution >= 0.6 is 11.6 Å². The molecule has 2 N–H and O–H groups in total. The number of nitrogens with zero attached hydrogens (tertiary/aromatic N) is 1. The summed E-state index contributed by atoms with van der Waals surface area (Å²) in [4.78, 5) is 30.1. The molecule has 0 radical (unpaired) electrons. The topological polar surface area (TPSA) is 80.3 Å². The summed E-state index contributed by atoms with van der Waals surface area (Å²) >= 11 is 6.05. The van der Waals surface area contributed by atoms with Gasteiger partial charge < -0.3 is 15.4 Å². The van der Waals surface area contributed by atoms with E-state index >= 15 is 0 Å². The maximum Gasteiger partial charge on any atom is 0.240 e. The number of halogens is 2. The number of aromatic nitrogens is 1. The summed E-state index contributed by atoms with van der Waals surface area (Å²) in [5, 5.41) is 7.00. The molecule has 6 nitrogen and oxygen atoms in total. The molecule has 1 heterocycles. The summed E-state index contributed by atoms with van der Waals surface area (Å²) in [5.74, 6) is 0.460. The Hall–Kier alpha value is -3.71. The monoisotopic (exact) mass is 493 g/mol. The molecule has 0 spiro atoms. The molecule has 4 rings (SSSR count). The van der Waals surface area contributed by atoms with Crippen LogP contribution in [0.4, 0.5) is 10.1 Å². The molecule has 1 saturated carbocycles. The lowest BCUT2D eigenvalue weighted by molar-refractivity contribution is -0.133. The third-order valence-electron chi connectivity index (χ3n) is 5.69.